The van der Waals surface area contributed by atoms with Gasteiger partial charge in [-0.1, -0.05) is 70.2 Å². The van der Waals surface area contributed by atoms with Gasteiger partial charge in [-0.2, -0.15) is 13.2 Å². The Morgan fingerprint density at radius 1 is 0.656 bits per heavy atom. The summed E-state index contributed by atoms with van der Waals surface area (Å²) in [4.78, 5) is 0. The van der Waals surface area contributed by atoms with Gasteiger partial charge < -0.3 is 0 Å². The minimum Gasteiger partial charge on any atom is -0.166 e. The highest BCUT2D eigenvalue weighted by Gasteiger charge is 2.32. The van der Waals surface area contributed by atoms with Crippen molar-refractivity contribution in [2.45, 2.75) is 60.1 Å². The van der Waals surface area contributed by atoms with Crippen molar-refractivity contribution in [2.75, 3.05) is 0 Å². The van der Waals surface area contributed by atoms with E-state index in [1.807, 2.05) is 45.0 Å². The first kappa shape index (κ1) is 23.8. The Hall–Kier alpha value is -2.81. The summed E-state index contributed by atoms with van der Waals surface area (Å²) >= 11 is 0. The topological polar surface area (TPSA) is 0 Å². The van der Waals surface area contributed by atoms with Gasteiger partial charge in [-0.25, -0.2) is 0 Å². The zero-order valence-corrected chi connectivity index (χ0v) is 19.9. The zero-order chi connectivity index (χ0) is 23.8. The molecule has 0 unspecified atom stereocenters. The molecule has 0 amide bonds. The number of benzene rings is 4. The summed E-state index contributed by atoms with van der Waals surface area (Å²) in [7, 11) is 0. The number of hydrogen-bond acceptors (Lipinski definition) is 0. The number of aryl methyl sites for hydroxylation is 3. The predicted molar refractivity (Wildman–Crippen MR) is 131 cm³/mol. The van der Waals surface area contributed by atoms with Crippen LogP contribution in [-0.2, 0) is 11.6 Å². The van der Waals surface area contributed by atoms with Crippen molar-refractivity contribution in [2.24, 2.45) is 0 Å². The molecule has 0 spiro atoms. The Kier molecular flexibility index (Phi) is 6.42. The molecule has 0 fully saturated rings. The van der Waals surface area contributed by atoms with E-state index in [-0.39, 0.29) is 5.41 Å². The molecule has 0 aliphatic rings. The molecule has 0 nitrogen and oxygen atoms in total. The van der Waals surface area contributed by atoms with Crippen molar-refractivity contribution in [1.82, 2.24) is 0 Å². The summed E-state index contributed by atoms with van der Waals surface area (Å²) in [5.74, 6) is 0. The smallest absolute Gasteiger partial charge is 0.166 e. The number of alkyl halides is 3. The van der Waals surface area contributed by atoms with E-state index in [9.17, 15) is 13.2 Å². The maximum Gasteiger partial charge on any atom is 0.416 e. The third kappa shape index (κ3) is 4.13. The summed E-state index contributed by atoms with van der Waals surface area (Å²) in [5.41, 5.74) is 4.82. The molecule has 4 aromatic rings. The van der Waals surface area contributed by atoms with E-state index in [1.165, 1.54) is 33.5 Å². The summed E-state index contributed by atoms with van der Waals surface area (Å²) in [6.45, 7) is 14.6. The van der Waals surface area contributed by atoms with E-state index in [0.29, 0.717) is 5.39 Å². The van der Waals surface area contributed by atoms with E-state index < -0.39 is 11.7 Å². The average Bonchev–Trinajstić information content (AvgIpc) is 2.73. The van der Waals surface area contributed by atoms with Crippen molar-refractivity contribution in [3.05, 3.63) is 94.0 Å². The van der Waals surface area contributed by atoms with Gasteiger partial charge in [-0.05, 0) is 88.3 Å². The van der Waals surface area contributed by atoms with Crippen LogP contribution in [0.3, 0.4) is 0 Å². The lowest BCUT2D eigenvalue weighted by Gasteiger charge is -2.32. The van der Waals surface area contributed by atoms with Crippen LogP contribution in [0.1, 0.15) is 61.1 Å². The van der Waals surface area contributed by atoms with Gasteiger partial charge in [-0.3, -0.25) is 0 Å². The number of halogens is 3. The lowest BCUT2D eigenvalue weighted by Crippen LogP contribution is -2.23. The second-order valence-corrected chi connectivity index (χ2v) is 8.77. The normalized spacial score (nSPS) is 12.1. The first-order chi connectivity index (χ1) is 15.0. The van der Waals surface area contributed by atoms with E-state index in [4.69, 9.17) is 0 Å². The van der Waals surface area contributed by atoms with Crippen LogP contribution in [0.15, 0.2) is 60.7 Å². The van der Waals surface area contributed by atoms with Crippen LogP contribution >= 0.6 is 0 Å². The highest BCUT2D eigenvalue weighted by atomic mass is 19.4. The van der Waals surface area contributed by atoms with Gasteiger partial charge >= 0.3 is 6.18 Å². The molecule has 0 N–H and O–H groups in total. The number of hydrogen-bond donors (Lipinski definition) is 0. The average molecular weight is 437 g/mol. The van der Waals surface area contributed by atoms with Crippen molar-refractivity contribution >= 4 is 21.5 Å². The van der Waals surface area contributed by atoms with Gasteiger partial charge in [0, 0.05) is 5.41 Å². The molecule has 32 heavy (non-hydrogen) atoms. The maximum absolute atomic E-state index is 13.2. The molecule has 0 radical (unpaired) electrons. The second kappa shape index (κ2) is 8.61. The predicted octanol–water partition coefficient (Wildman–Crippen LogP) is 9.29. The number of fused-ring (bicyclic) bond motifs is 2. The SMILES string of the molecule is CC.Cc1cc2ccc(C(F)(F)F)cc2cc1C(C)(C)c1c(C)cc2ccccc2c1C. The molecule has 4 aromatic carbocycles. The van der Waals surface area contributed by atoms with Crippen LogP contribution < -0.4 is 0 Å². The molecule has 0 bridgehead atoms. The molecule has 0 aromatic heterocycles. The lowest BCUT2D eigenvalue weighted by atomic mass is 9.71. The molecule has 4 rings (SSSR count). The molecule has 0 aliphatic heterocycles. The fourth-order valence-electron chi connectivity index (χ4n) is 5.06. The molecule has 0 aliphatic carbocycles. The van der Waals surface area contributed by atoms with Gasteiger partial charge in [0.15, 0.2) is 0 Å². The Bertz CT molecular complexity index is 1280. The third-order valence-electron chi connectivity index (χ3n) is 6.32. The van der Waals surface area contributed by atoms with Crippen LogP contribution in [-0.4, -0.2) is 0 Å². The molecule has 0 saturated heterocycles. The van der Waals surface area contributed by atoms with Gasteiger partial charge in [0.25, 0.3) is 0 Å². The fourth-order valence-corrected chi connectivity index (χ4v) is 5.06. The molecule has 0 atom stereocenters. The minimum atomic E-state index is -4.35. The van der Waals surface area contributed by atoms with Crippen LogP contribution in [0, 0.1) is 20.8 Å². The van der Waals surface area contributed by atoms with Crippen LogP contribution in [0.25, 0.3) is 21.5 Å². The summed E-state index contributed by atoms with van der Waals surface area (Å²) < 4.78 is 39.7. The Labute approximate surface area is 189 Å². The summed E-state index contributed by atoms with van der Waals surface area (Å²) in [6.07, 6.45) is -4.35. The largest absolute Gasteiger partial charge is 0.416 e. The van der Waals surface area contributed by atoms with E-state index in [2.05, 4.69) is 45.9 Å². The van der Waals surface area contributed by atoms with Crippen molar-refractivity contribution in [1.29, 1.82) is 0 Å². The molecule has 3 heteroatoms. The van der Waals surface area contributed by atoms with Crippen LogP contribution in [0.5, 0.6) is 0 Å². The van der Waals surface area contributed by atoms with Gasteiger partial charge in [0.2, 0.25) is 0 Å². The van der Waals surface area contributed by atoms with Crippen LogP contribution in [0.2, 0.25) is 0 Å². The molecule has 0 heterocycles. The minimum absolute atomic E-state index is 0.356. The fraction of sp³-hybridized carbons (Fsp3) is 0.310. The lowest BCUT2D eigenvalue weighted by molar-refractivity contribution is -0.137. The van der Waals surface area contributed by atoms with Crippen molar-refractivity contribution < 1.29 is 13.2 Å². The van der Waals surface area contributed by atoms with Gasteiger partial charge in [0.05, 0.1) is 5.56 Å². The van der Waals surface area contributed by atoms with E-state index in [0.717, 1.165) is 22.6 Å². The highest BCUT2D eigenvalue weighted by Crippen LogP contribution is 2.41. The first-order valence-electron chi connectivity index (χ1n) is 11.1. The monoisotopic (exact) mass is 436 g/mol. The van der Waals surface area contributed by atoms with Gasteiger partial charge in [0.1, 0.15) is 0 Å². The number of rotatable bonds is 2. The molecule has 0 saturated carbocycles. The highest BCUT2D eigenvalue weighted by molar-refractivity contribution is 5.89. The van der Waals surface area contributed by atoms with Crippen molar-refractivity contribution in [3.63, 3.8) is 0 Å². The second-order valence-electron chi connectivity index (χ2n) is 8.77. The Morgan fingerprint density at radius 3 is 1.94 bits per heavy atom. The molecular formula is C29H31F3. The molecule has 168 valence electrons. The quantitative estimate of drug-likeness (QED) is 0.294. The van der Waals surface area contributed by atoms with Gasteiger partial charge in [-0.15, -0.1) is 0 Å². The Morgan fingerprint density at radius 2 is 1.28 bits per heavy atom. The maximum atomic E-state index is 13.2. The Balaban J connectivity index is 0.00000141. The zero-order valence-electron chi connectivity index (χ0n) is 19.9. The summed E-state index contributed by atoms with van der Waals surface area (Å²) in [6, 6.07) is 18.5. The van der Waals surface area contributed by atoms with E-state index in [1.54, 1.807) is 6.07 Å². The van der Waals surface area contributed by atoms with Crippen molar-refractivity contribution in [3.8, 4) is 0 Å². The van der Waals surface area contributed by atoms with Crippen LogP contribution in [0.4, 0.5) is 13.2 Å². The van der Waals surface area contributed by atoms with E-state index >= 15 is 0 Å². The summed E-state index contributed by atoms with van der Waals surface area (Å²) in [5, 5.41) is 3.86. The third-order valence-corrected chi connectivity index (χ3v) is 6.32. The standard InChI is InChI=1S/C27H25F3.C2H6/c1-16-12-19-10-11-22(27(28,29)30)14-21(19)15-24(16)26(4,5)25-17(2)13-20-8-6-7-9-23(20)18(25)3;1-2/h6-15H,1-5H3;1-2H3. The molecular weight excluding hydrogens is 405 g/mol. The first-order valence-corrected chi connectivity index (χ1v) is 11.1.